The van der Waals surface area contributed by atoms with Gasteiger partial charge < -0.3 is 15.7 Å². The number of carbonyl (C=O) groups excluding carboxylic acids is 1. The van der Waals surface area contributed by atoms with Crippen LogP contribution in [0.5, 0.6) is 0 Å². The van der Waals surface area contributed by atoms with Crippen molar-refractivity contribution in [1.82, 2.24) is 19.7 Å². The van der Waals surface area contributed by atoms with E-state index in [0.29, 0.717) is 39.1 Å². The molecule has 0 aliphatic heterocycles. The number of nitrogens with two attached hydrogens (primary N) is 1. The Labute approximate surface area is 236 Å². The van der Waals surface area contributed by atoms with E-state index in [1.165, 1.54) is 6.92 Å². The van der Waals surface area contributed by atoms with Gasteiger partial charge in [0, 0.05) is 6.54 Å². The maximum absolute atomic E-state index is 14.7. The maximum atomic E-state index is 14.7. The number of aliphatic hydroxyl groups is 1. The zero-order valence-corrected chi connectivity index (χ0v) is 24.9. The summed E-state index contributed by atoms with van der Waals surface area (Å²) in [7, 11) is 0.500. The highest BCUT2D eigenvalue weighted by Crippen LogP contribution is 2.39. The lowest BCUT2D eigenvalue weighted by Crippen LogP contribution is -2.47. The molecule has 0 bridgehead atoms. The first-order chi connectivity index (χ1) is 18.9. The van der Waals surface area contributed by atoms with Crippen molar-refractivity contribution >= 4 is 5.91 Å². The zero-order chi connectivity index (χ0) is 30.6. The van der Waals surface area contributed by atoms with Crippen molar-refractivity contribution < 1.29 is 23.1 Å². The first-order valence-electron chi connectivity index (χ1n) is 13.4. The predicted octanol–water partition coefficient (Wildman–Crippen LogP) is 5.84. The van der Waals surface area contributed by atoms with E-state index in [4.69, 9.17) is 5.73 Å². The van der Waals surface area contributed by atoms with Gasteiger partial charge in [-0.15, -0.1) is 0 Å². The number of aromatic nitrogens is 3. The van der Waals surface area contributed by atoms with E-state index in [-0.39, 0.29) is 11.4 Å². The van der Waals surface area contributed by atoms with Crippen LogP contribution < -0.4 is 5.73 Å². The van der Waals surface area contributed by atoms with Crippen molar-refractivity contribution in [2.75, 3.05) is 20.3 Å². The molecule has 10 heteroatoms. The van der Waals surface area contributed by atoms with Gasteiger partial charge in [-0.2, -0.15) is 5.10 Å². The predicted molar refractivity (Wildman–Crippen MR) is 153 cm³/mol. The summed E-state index contributed by atoms with van der Waals surface area (Å²) in [6.45, 7) is 14.2. The summed E-state index contributed by atoms with van der Waals surface area (Å²) in [6.07, 6.45) is -0.719. The molecule has 2 aromatic carbocycles. The molecule has 0 saturated carbocycles. The number of carbonyl (C=O) groups is 1. The van der Waals surface area contributed by atoms with E-state index in [2.05, 4.69) is 10.1 Å². The second-order valence-corrected chi connectivity index (χ2v) is 10.2. The van der Waals surface area contributed by atoms with E-state index in [0.717, 1.165) is 29.3 Å². The molecule has 222 valence electrons. The molecular weight excluding hydrogens is 519 g/mol. The van der Waals surface area contributed by atoms with Gasteiger partial charge in [0.25, 0.3) is 5.91 Å². The highest BCUT2D eigenvalue weighted by molar-refractivity contribution is 5.80. The van der Waals surface area contributed by atoms with Gasteiger partial charge in [-0.3, -0.25) is 9.18 Å². The fraction of sp³-hybridized carbons (Fsp3) is 0.500. The molecule has 1 aromatic heterocycles. The van der Waals surface area contributed by atoms with Crippen LogP contribution in [0.1, 0.15) is 71.0 Å². The first kappa shape index (κ1) is 34.8. The van der Waals surface area contributed by atoms with E-state index >= 15 is 0 Å². The molecule has 3 rings (SSSR count). The molecule has 3 aromatic rings. The number of halogens is 3. The lowest BCUT2D eigenvalue weighted by molar-refractivity contribution is -0.145. The average molecular weight is 564 g/mol. The molecule has 2 atom stereocenters. The molecular formula is C30H44F3N5O2. The Hall–Kier alpha value is -3.24. The molecule has 7 nitrogen and oxygen atoms in total. The Kier molecular flexibility index (Phi) is 14.0. The van der Waals surface area contributed by atoms with Crippen LogP contribution in [0.2, 0.25) is 0 Å². The molecule has 0 radical (unpaired) electrons. The standard InChI is InChI=1S/C27H35F2N5O2.C2H6.CH3F/c1-17-8-6-9-19(14-17)16-34-25(31-24(32-34)21-15-20(28)10-11-22(21)29)23(27(3,4)5)33(13-7-12-30)26(36)18(2)35;2*1-2/h6,8-11,14-15,18,23,35H,7,12-13,16,30H2,1-5H3;1-2H3;1H3/t18-,23-;;/m0../s1. The molecule has 0 aliphatic rings. The number of hydrogen-bond acceptors (Lipinski definition) is 5. The summed E-state index contributed by atoms with van der Waals surface area (Å²) < 4.78 is 39.9. The van der Waals surface area contributed by atoms with Crippen molar-refractivity contribution in [2.24, 2.45) is 11.1 Å². The van der Waals surface area contributed by atoms with E-state index < -0.39 is 35.1 Å². The maximum Gasteiger partial charge on any atom is 0.251 e. The highest BCUT2D eigenvalue weighted by atomic mass is 19.1. The Bertz CT molecular complexity index is 1210. The third-order valence-corrected chi connectivity index (χ3v) is 5.90. The topological polar surface area (TPSA) is 97.3 Å². The average Bonchev–Trinajstić information content (AvgIpc) is 3.31. The summed E-state index contributed by atoms with van der Waals surface area (Å²) >= 11 is 0. The third kappa shape index (κ3) is 9.16. The van der Waals surface area contributed by atoms with Gasteiger partial charge in [0.15, 0.2) is 11.6 Å². The van der Waals surface area contributed by atoms with E-state index in [9.17, 15) is 23.1 Å². The second-order valence-electron chi connectivity index (χ2n) is 10.2. The van der Waals surface area contributed by atoms with Gasteiger partial charge in [-0.25, -0.2) is 18.4 Å². The smallest absolute Gasteiger partial charge is 0.251 e. The number of aryl methyl sites for hydroxylation is 1. The summed E-state index contributed by atoms with van der Waals surface area (Å²) in [4.78, 5) is 19.4. The van der Waals surface area contributed by atoms with Crippen molar-refractivity contribution in [3.05, 3.63) is 71.1 Å². The number of nitrogens with zero attached hydrogens (tertiary/aromatic N) is 4. The first-order valence-corrected chi connectivity index (χ1v) is 13.4. The van der Waals surface area contributed by atoms with Crippen molar-refractivity contribution in [2.45, 2.75) is 73.6 Å². The molecule has 1 heterocycles. The van der Waals surface area contributed by atoms with Gasteiger partial charge in [0.1, 0.15) is 17.7 Å². The van der Waals surface area contributed by atoms with Crippen LogP contribution in [0.25, 0.3) is 11.4 Å². The summed E-state index contributed by atoms with van der Waals surface area (Å²) in [5.74, 6) is -1.29. The molecule has 0 spiro atoms. The Morgan fingerprint density at radius 2 is 1.77 bits per heavy atom. The lowest BCUT2D eigenvalue weighted by Gasteiger charge is -2.40. The van der Waals surface area contributed by atoms with Crippen LogP contribution in [-0.2, 0) is 11.3 Å². The second kappa shape index (κ2) is 16.1. The molecule has 0 saturated heterocycles. The zero-order valence-electron chi connectivity index (χ0n) is 24.9. The van der Waals surface area contributed by atoms with Crippen molar-refractivity contribution in [3.8, 4) is 11.4 Å². The molecule has 3 N–H and O–H groups in total. The van der Waals surface area contributed by atoms with Crippen molar-refractivity contribution in [3.63, 3.8) is 0 Å². The molecule has 0 aliphatic carbocycles. The monoisotopic (exact) mass is 563 g/mol. The quantitative estimate of drug-likeness (QED) is 0.341. The van der Waals surface area contributed by atoms with Gasteiger partial charge in [-0.1, -0.05) is 64.4 Å². The minimum atomic E-state index is -1.24. The molecule has 0 unspecified atom stereocenters. The number of aliphatic hydroxyl groups excluding tert-OH is 1. The summed E-state index contributed by atoms with van der Waals surface area (Å²) in [5.41, 5.74) is 7.13. The number of rotatable bonds is 9. The Morgan fingerprint density at radius 3 is 2.33 bits per heavy atom. The number of amides is 1. The molecule has 40 heavy (non-hydrogen) atoms. The van der Waals surface area contributed by atoms with Crippen LogP contribution in [0, 0.1) is 24.0 Å². The van der Waals surface area contributed by atoms with Gasteiger partial charge in [0.2, 0.25) is 0 Å². The number of hydrogen-bond donors (Lipinski definition) is 2. The lowest BCUT2D eigenvalue weighted by atomic mass is 9.84. The Balaban J connectivity index is 0.00000191. The van der Waals surface area contributed by atoms with Crippen molar-refractivity contribution in [1.29, 1.82) is 0 Å². The third-order valence-electron chi connectivity index (χ3n) is 5.90. The van der Waals surface area contributed by atoms with E-state index in [1.807, 2.05) is 65.8 Å². The highest BCUT2D eigenvalue weighted by Gasteiger charge is 2.39. The fourth-order valence-electron chi connectivity index (χ4n) is 4.30. The number of alkyl halides is 1. The normalized spacial score (nSPS) is 12.4. The minimum absolute atomic E-state index is 0.0205. The SMILES string of the molecule is CC.CF.Cc1cccc(Cn2nc(-c3cc(F)ccc3F)nc2[C@H](N(CCCN)C(=O)[C@H](C)O)C(C)(C)C)c1. The largest absolute Gasteiger partial charge is 0.384 e. The summed E-state index contributed by atoms with van der Waals surface area (Å²) in [6, 6.07) is 10.4. The Morgan fingerprint density at radius 1 is 1.12 bits per heavy atom. The van der Waals surface area contributed by atoms with Gasteiger partial charge >= 0.3 is 0 Å². The minimum Gasteiger partial charge on any atom is -0.384 e. The van der Waals surface area contributed by atoms with Gasteiger partial charge in [-0.05, 0) is 56.0 Å². The van der Waals surface area contributed by atoms with E-state index in [1.54, 1.807) is 9.58 Å². The number of benzene rings is 2. The van der Waals surface area contributed by atoms with Gasteiger partial charge in [0.05, 0.1) is 25.3 Å². The van der Waals surface area contributed by atoms with Crippen LogP contribution in [0.15, 0.2) is 42.5 Å². The molecule has 0 fully saturated rings. The van der Waals surface area contributed by atoms with Crippen LogP contribution in [0.4, 0.5) is 13.2 Å². The van der Waals surface area contributed by atoms with Crippen LogP contribution >= 0.6 is 0 Å². The van der Waals surface area contributed by atoms with Crippen LogP contribution in [-0.4, -0.2) is 57.0 Å². The summed E-state index contributed by atoms with van der Waals surface area (Å²) in [5, 5.41) is 14.8. The fourth-order valence-corrected chi connectivity index (χ4v) is 4.30. The molecule has 1 amide bonds. The van der Waals surface area contributed by atoms with Crippen LogP contribution in [0.3, 0.4) is 0 Å².